The molecule has 3 N–H and O–H groups in total. The third-order valence-corrected chi connectivity index (χ3v) is 2.57. The molecule has 0 bridgehead atoms. The normalized spacial score (nSPS) is 16.0. The number of hydrogen-bond donors (Lipinski definition) is 2. The lowest BCUT2D eigenvalue weighted by Crippen LogP contribution is -2.48. The fourth-order valence-corrected chi connectivity index (χ4v) is 1.66. The van der Waals surface area contributed by atoms with Gasteiger partial charge in [-0.15, -0.1) is 5.06 Å². The van der Waals surface area contributed by atoms with Crippen LogP contribution in [-0.4, -0.2) is 46.5 Å². The van der Waals surface area contributed by atoms with E-state index in [-0.39, 0.29) is 12.8 Å². The second kappa shape index (κ2) is 7.07. The molecule has 0 aromatic carbocycles. The first kappa shape index (κ1) is 18.4. The molecule has 1 aliphatic rings. The molecular weight excluding hydrogens is 310 g/mol. The molecule has 1 aliphatic heterocycles. The van der Waals surface area contributed by atoms with Crippen LogP contribution in [0.1, 0.15) is 40.0 Å². The highest BCUT2D eigenvalue weighted by Gasteiger charge is 2.36. The zero-order valence-electron chi connectivity index (χ0n) is 13.1. The number of ether oxygens (including phenoxy) is 1. The number of amides is 4. The number of imide groups is 1. The summed E-state index contributed by atoms with van der Waals surface area (Å²) >= 11 is 0. The maximum Gasteiger partial charge on any atom is 0.408 e. The van der Waals surface area contributed by atoms with E-state index in [4.69, 9.17) is 10.5 Å². The van der Waals surface area contributed by atoms with Gasteiger partial charge in [0.2, 0.25) is 5.91 Å². The van der Waals surface area contributed by atoms with Gasteiger partial charge in [-0.05, 0) is 20.8 Å². The summed E-state index contributed by atoms with van der Waals surface area (Å²) in [7, 11) is 0. The molecule has 0 spiro atoms. The predicted molar refractivity (Wildman–Crippen MR) is 74.1 cm³/mol. The summed E-state index contributed by atoms with van der Waals surface area (Å²) in [6.45, 7) is 4.82. The lowest BCUT2D eigenvalue weighted by Gasteiger charge is -2.23. The summed E-state index contributed by atoms with van der Waals surface area (Å²) in [5, 5.41) is 2.44. The Balaban J connectivity index is 2.74. The highest BCUT2D eigenvalue weighted by atomic mass is 16.7. The first-order valence-electron chi connectivity index (χ1n) is 6.85. The largest absolute Gasteiger partial charge is 0.444 e. The lowest BCUT2D eigenvalue weighted by molar-refractivity contribution is -0.199. The number of nitrogens with zero attached hydrogens (tertiary/aromatic N) is 1. The lowest BCUT2D eigenvalue weighted by atomic mass is 10.2. The maximum absolute atomic E-state index is 12.0. The van der Waals surface area contributed by atoms with Crippen molar-refractivity contribution in [2.45, 2.75) is 51.7 Å². The van der Waals surface area contributed by atoms with Crippen LogP contribution < -0.4 is 11.1 Å². The van der Waals surface area contributed by atoms with Gasteiger partial charge < -0.3 is 20.6 Å². The van der Waals surface area contributed by atoms with Crippen LogP contribution in [0.2, 0.25) is 0 Å². The molecule has 128 valence electrons. The van der Waals surface area contributed by atoms with Crippen LogP contribution >= 0.6 is 0 Å². The minimum Gasteiger partial charge on any atom is -0.444 e. The van der Waals surface area contributed by atoms with Gasteiger partial charge in [0.25, 0.3) is 11.8 Å². The average Bonchev–Trinajstić information content (AvgIpc) is 2.66. The molecule has 1 unspecified atom stereocenters. The van der Waals surface area contributed by atoms with Gasteiger partial charge in [-0.2, -0.15) is 0 Å². The van der Waals surface area contributed by atoms with E-state index in [2.05, 4.69) is 10.2 Å². The summed E-state index contributed by atoms with van der Waals surface area (Å²) in [5.41, 5.74) is 4.18. The van der Waals surface area contributed by atoms with Gasteiger partial charge in [0, 0.05) is 12.8 Å². The molecular formula is C13H19N3O7. The molecule has 4 amide bonds. The van der Waals surface area contributed by atoms with Gasteiger partial charge in [-0.25, -0.2) is 9.59 Å². The Hall–Kier alpha value is -2.65. The van der Waals surface area contributed by atoms with E-state index in [1.165, 1.54) is 0 Å². The number of nitrogens with one attached hydrogen (secondary N) is 1. The highest BCUT2D eigenvalue weighted by molar-refractivity contribution is 6.02. The second-order valence-corrected chi connectivity index (χ2v) is 5.86. The maximum atomic E-state index is 12.0. The summed E-state index contributed by atoms with van der Waals surface area (Å²) in [6, 6.07) is -1.48. The molecule has 1 rings (SSSR count). The van der Waals surface area contributed by atoms with Crippen LogP contribution in [0.3, 0.4) is 0 Å². The van der Waals surface area contributed by atoms with Crippen molar-refractivity contribution in [2.24, 2.45) is 5.73 Å². The SMILES string of the molecule is CC(C)(C)OC(=O)NC(CC(N)=O)C(=O)ON1C(=O)CCC1=O. The Bertz CT molecular complexity index is 522. The molecule has 0 saturated carbocycles. The minimum absolute atomic E-state index is 0.0773. The van der Waals surface area contributed by atoms with Gasteiger partial charge in [-0.3, -0.25) is 14.4 Å². The van der Waals surface area contributed by atoms with Gasteiger partial charge in [0.05, 0.1) is 6.42 Å². The van der Waals surface area contributed by atoms with E-state index in [0.29, 0.717) is 5.06 Å². The quantitative estimate of drug-likeness (QED) is 0.638. The Morgan fingerprint density at radius 2 is 1.74 bits per heavy atom. The predicted octanol–water partition coefficient (Wildman–Crippen LogP) is -0.638. The number of carbonyl (C=O) groups excluding carboxylic acids is 5. The third kappa shape index (κ3) is 5.93. The first-order chi connectivity index (χ1) is 10.5. The van der Waals surface area contributed by atoms with Crippen LogP contribution in [-0.2, 0) is 28.8 Å². The zero-order valence-corrected chi connectivity index (χ0v) is 13.1. The van der Waals surface area contributed by atoms with Gasteiger partial charge in [0.1, 0.15) is 11.6 Å². The Morgan fingerprint density at radius 1 is 1.22 bits per heavy atom. The molecule has 0 aliphatic carbocycles. The number of rotatable bonds is 5. The Morgan fingerprint density at radius 3 is 2.17 bits per heavy atom. The smallest absolute Gasteiger partial charge is 0.408 e. The van der Waals surface area contributed by atoms with Crippen LogP contribution in [0, 0.1) is 0 Å². The van der Waals surface area contributed by atoms with E-state index in [0.717, 1.165) is 0 Å². The molecule has 1 fully saturated rings. The number of hydrogen-bond acceptors (Lipinski definition) is 7. The zero-order chi connectivity index (χ0) is 17.8. The standard InChI is InChI=1S/C13H19N3O7/c1-13(2,3)22-12(21)15-7(6-8(14)17)11(20)23-16-9(18)4-5-10(16)19/h7H,4-6H2,1-3H3,(H2,14,17)(H,15,21). The van der Waals surface area contributed by atoms with Crippen LogP contribution in [0.5, 0.6) is 0 Å². The van der Waals surface area contributed by atoms with E-state index in [9.17, 15) is 24.0 Å². The average molecular weight is 329 g/mol. The van der Waals surface area contributed by atoms with Crippen molar-refractivity contribution in [3.63, 3.8) is 0 Å². The van der Waals surface area contributed by atoms with E-state index in [1.54, 1.807) is 20.8 Å². The molecule has 23 heavy (non-hydrogen) atoms. The molecule has 10 nitrogen and oxygen atoms in total. The van der Waals surface area contributed by atoms with Crippen molar-refractivity contribution in [1.29, 1.82) is 0 Å². The number of nitrogens with two attached hydrogens (primary N) is 1. The molecule has 1 atom stereocenters. The molecule has 0 aromatic rings. The molecule has 1 saturated heterocycles. The highest BCUT2D eigenvalue weighted by Crippen LogP contribution is 2.13. The van der Waals surface area contributed by atoms with Crippen LogP contribution in [0.25, 0.3) is 0 Å². The fraction of sp³-hybridized carbons (Fsp3) is 0.615. The van der Waals surface area contributed by atoms with Crippen molar-refractivity contribution in [3.8, 4) is 0 Å². The molecule has 10 heteroatoms. The monoisotopic (exact) mass is 329 g/mol. The van der Waals surface area contributed by atoms with Gasteiger partial charge in [0.15, 0.2) is 0 Å². The topological polar surface area (TPSA) is 145 Å². The molecule has 0 aromatic heterocycles. The van der Waals surface area contributed by atoms with Crippen molar-refractivity contribution >= 4 is 29.8 Å². The summed E-state index contributed by atoms with van der Waals surface area (Å²) in [4.78, 5) is 62.1. The van der Waals surface area contributed by atoms with Gasteiger partial charge in [-0.1, -0.05) is 0 Å². The van der Waals surface area contributed by atoms with Gasteiger partial charge >= 0.3 is 12.1 Å². The van der Waals surface area contributed by atoms with Crippen molar-refractivity contribution in [2.75, 3.05) is 0 Å². The number of carbonyl (C=O) groups is 5. The van der Waals surface area contributed by atoms with E-state index >= 15 is 0 Å². The minimum atomic E-state index is -1.48. The fourth-order valence-electron chi connectivity index (χ4n) is 1.66. The van der Waals surface area contributed by atoms with Crippen molar-refractivity contribution in [3.05, 3.63) is 0 Å². The number of alkyl carbamates (subject to hydrolysis) is 1. The van der Waals surface area contributed by atoms with Crippen molar-refractivity contribution in [1.82, 2.24) is 10.4 Å². The van der Waals surface area contributed by atoms with Crippen LogP contribution in [0.15, 0.2) is 0 Å². The second-order valence-electron chi connectivity index (χ2n) is 5.86. The summed E-state index contributed by atoms with van der Waals surface area (Å²) in [5.74, 6) is -3.42. The first-order valence-corrected chi connectivity index (χ1v) is 6.85. The molecule has 1 heterocycles. The van der Waals surface area contributed by atoms with E-state index in [1.807, 2.05) is 0 Å². The third-order valence-electron chi connectivity index (χ3n) is 2.57. The number of hydroxylamine groups is 2. The van der Waals surface area contributed by atoms with E-state index < -0.39 is 47.8 Å². The summed E-state index contributed by atoms with van der Waals surface area (Å²) < 4.78 is 4.95. The Labute approximate surface area is 132 Å². The Kier molecular flexibility index (Phi) is 5.66. The molecule has 0 radical (unpaired) electrons. The summed E-state index contributed by atoms with van der Waals surface area (Å²) in [6.07, 6.45) is -1.70. The number of primary amides is 1. The van der Waals surface area contributed by atoms with Crippen LogP contribution in [0.4, 0.5) is 4.79 Å². The van der Waals surface area contributed by atoms with Crippen molar-refractivity contribution < 1.29 is 33.5 Å².